The van der Waals surface area contributed by atoms with Crippen LogP contribution in [0.5, 0.6) is 0 Å². The number of nitrogens with one attached hydrogen (secondary N) is 1. The maximum atomic E-state index is 12.5. The first-order valence-corrected chi connectivity index (χ1v) is 11.9. The molecule has 0 unspecified atom stereocenters. The van der Waals surface area contributed by atoms with E-state index in [4.69, 9.17) is 9.47 Å². The third-order valence-electron chi connectivity index (χ3n) is 5.68. The van der Waals surface area contributed by atoms with Gasteiger partial charge in [0.1, 0.15) is 5.00 Å². The number of rotatable bonds is 9. The summed E-state index contributed by atoms with van der Waals surface area (Å²) in [4.78, 5) is 51.2. The number of ether oxygens (including phenoxy) is 2. The number of likely N-dealkylation sites (tertiary alicyclic amines) is 1. The number of hydrogen-bond acceptors (Lipinski definition) is 7. The van der Waals surface area contributed by atoms with Crippen molar-refractivity contribution >= 4 is 40.1 Å². The van der Waals surface area contributed by atoms with Crippen molar-refractivity contribution in [1.82, 2.24) is 4.90 Å². The fraction of sp³-hybridized carbons (Fsp3) is 0.417. The highest BCUT2D eigenvalue weighted by Crippen LogP contribution is 2.46. The molecule has 1 aromatic heterocycles. The molecule has 2 fully saturated rings. The summed E-state index contributed by atoms with van der Waals surface area (Å²) in [5.41, 5.74) is 2.27. The van der Waals surface area contributed by atoms with Crippen LogP contribution in [0.1, 0.15) is 53.6 Å². The lowest BCUT2D eigenvalue weighted by Crippen LogP contribution is -2.28. The Hall–Kier alpha value is -3.20. The van der Waals surface area contributed by atoms with E-state index in [-0.39, 0.29) is 25.5 Å². The SMILES string of the molecule is CCOC(=O)c1c(C2CC2)csc1NC(=O)COC(=O)[C@H]1CC(=O)N(Cc2ccccc2)C1. The number of carbonyl (C=O) groups is 4. The zero-order chi connectivity index (χ0) is 23.4. The minimum Gasteiger partial charge on any atom is -0.462 e. The van der Waals surface area contributed by atoms with Gasteiger partial charge in [0.25, 0.3) is 5.91 Å². The third kappa shape index (κ3) is 5.60. The lowest BCUT2D eigenvalue weighted by Gasteiger charge is -2.16. The monoisotopic (exact) mass is 470 g/mol. The Balaban J connectivity index is 1.30. The zero-order valence-electron chi connectivity index (χ0n) is 18.4. The van der Waals surface area contributed by atoms with Crippen molar-refractivity contribution in [1.29, 1.82) is 0 Å². The van der Waals surface area contributed by atoms with E-state index in [9.17, 15) is 19.2 Å². The summed E-state index contributed by atoms with van der Waals surface area (Å²) in [5.74, 6) is -1.98. The largest absolute Gasteiger partial charge is 0.462 e. The number of benzene rings is 1. The molecule has 2 heterocycles. The molecule has 174 valence electrons. The summed E-state index contributed by atoms with van der Waals surface area (Å²) in [6.45, 7) is 2.18. The molecule has 1 aliphatic heterocycles. The van der Waals surface area contributed by atoms with Crippen molar-refractivity contribution in [3.63, 3.8) is 0 Å². The van der Waals surface area contributed by atoms with Crippen LogP contribution in [-0.2, 0) is 30.4 Å². The Kier molecular flexibility index (Phi) is 7.08. The van der Waals surface area contributed by atoms with Crippen molar-refractivity contribution in [2.45, 2.75) is 38.6 Å². The van der Waals surface area contributed by atoms with Crippen LogP contribution in [0, 0.1) is 5.92 Å². The highest BCUT2D eigenvalue weighted by Gasteiger charge is 2.36. The van der Waals surface area contributed by atoms with Gasteiger partial charge in [0.2, 0.25) is 5.91 Å². The van der Waals surface area contributed by atoms with Gasteiger partial charge in [-0.15, -0.1) is 11.3 Å². The maximum absolute atomic E-state index is 12.5. The van der Waals surface area contributed by atoms with E-state index in [0.717, 1.165) is 24.0 Å². The van der Waals surface area contributed by atoms with Gasteiger partial charge in [-0.2, -0.15) is 0 Å². The second-order valence-electron chi connectivity index (χ2n) is 8.21. The summed E-state index contributed by atoms with van der Waals surface area (Å²) >= 11 is 1.26. The van der Waals surface area contributed by atoms with Gasteiger partial charge >= 0.3 is 11.9 Å². The van der Waals surface area contributed by atoms with Gasteiger partial charge in [0.15, 0.2) is 6.61 Å². The highest BCUT2D eigenvalue weighted by molar-refractivity contribution is 7.15. The first-order valence-electron chi connectivity index (χ1n) is 11.0. The summed E-state index contributed by atoms with van der Waals surface area (Å²) in [6.07, 6.45) is 2.08. The zero-order valence-corrected chi connectivity index (χ0v) is 19.2. The number of anilines is 1. The van der Waals surface area contributed by atoms with E-state index in [0.29, 0.717) is 23.0 Å². The van der Waals surface area contributed by atoms with Gasteiger partial charge in [-0.1, -0.05) is 30.3 Å². The minimum absolute atomic E-state index is 0.0654. The van der Waals surface area contributed by atoms with E-state index in [1.807, 2.05) is 35.7 Å². The fourth-order valence-electron chi connectivity index (χ4n) is 3.88. The van der Waals surface area contributed by atoms with E-state index in [2.05, 4.69) is 5.32 Å². The molecular formula is C24H26N2O6S. The molecule has 1 aliphatic carbocycles. The molecule has 2 aliphatic rings. The van der Waals surface area contributed by atoms with E-state index >= 15 is 0 Å². The summed E-state index contributed by atoms with van der Waals surface area (Å²) in [6, 6.07) is 9.54. The second kappa shape index (κ2) is 10.2. The molecule has 1 aromatic carbocycles. The summed E-state index contributed by atoms with van der Waals surface area (Å²) in [5, 5.41) is 4.95. The molecule has 2 amide bonds. The molecule has 2 aromatic rings. The molecule has 33 heavy (non-hydrogen) atoms. The number of amides is 2. The number of esters is 2. The lowest BCUT2D eigenvalue weighted by atomic mass is 10.1. The standard InChI is InChI=1S/C24H26N2O6S/c1-2-31-24(30)21-18(16-8-9-16)14-33-22(21)25-19(27)13-32-23(29)17-10-20(28)26(12-17)11-15-6-4-3-5-7-15/h3-7,14,16-17H,2,8-13H2,1H3,(H,25,27)/t17-/m0/s1. The molecule has 0 spiro atoms. The molecule has 0 radical (unpaired) electrons. The average Bonchev–Trinajstić information content (AvgIpc) is 3.47. The van der Waals surface area contributed by atoms with Crippen LogP contribution in [0.2, 0.25) is 0 Å². The van der Waals surface area contributed by atoms with E-state index in [1.54, 1.807) is 11.8 Å². The average molecular weight is 471 g/mol. The molecule has 0 bridgehead atoms. The fourth-order valence-corrected chi connectivity index (χ4v) is 4.92. The molecule has 9 heteroatoms. The van der Waals surface area contributed by atoms with Gasteiger partial charge < -0.3 is 19.7 Å². The highest BCUT2D eigenvalue weighted by atomic mass is 32.1. The van der Waals surface area contributed by atoms with Gasteiger partial charge in [-0.3, -0.25) is 14.4 Å². The van der Waals surface area contributed by atoms with Crippen LogP contribution in [0.3, 0.4) is 0 Å². The van der Waals surface area contributed by atoms with Crippen molar-refractivity contribution in [2.75, 3.05) is 25.1 Å². The quantitative estimate of drug-likeness (QED) is 0.564. The number of hydrogen-bond donors (Lipinski definition) is 1. The van der Waals surface area contributed by atoms with Crippen LogP contribution in [0.4, 0.5) is 5.00 Å². The minimum atomic E-state index is -0.604. The molecule has 4 rings (SSSR count). The first kappa shape index (κ1) is 23.0. The van der Waals surface area contributed by atoms with E-state index in [1.165, 1.54) is 11.3 Å². The lowest BCUT2D eigenvalue weighted by molar-refractivity contribution is -0.151. The smallest absolute Gasteiger partial charge is 0.341 e. The molecule has 8 nitrogen and oxygen atoms in total. The Morgan fingerprint density at radius 2 is 1.91 bits per heavy atom. The second-order valence-corrected chi connectivity index (χ2v) is 9.09. The Morgan fingerprint density at radius 3 is 2.61 bits per heavy atom. The van der Waals surface area contributed by atoms with Crippen LogP contribution in [-0.4, -0.2) is 48.4 Å². The predicted octanol–water partition coefficient (Wildman–Crippen LogP) is 3.33. The van der Waals surface area contributed by atoms with Crippen LogP contribution >= 0.6 is 11.3 Å². The third-order valence-corrected chi connectivity index (χ3v) is 6.59. The van der Waals surface area contributed by atoms with Crippen molar-refractivity contribution in [2.24, 2.45) is 5.92 Å². The Labute approximate surface area is 195 Å². The molecule has 1 saturated carbocycles. The summed E-state index contributed by atoms with van der Waals surface area (Å²) in [7, 11) is 0. The van der Waals surface area contributed by atoms with Crippen LogP contribution < -0.4 is 5.32 Å². The normalized spacial score (nSPS) is 17.7. The van der Waals surface area contributed by atoms with Crippen LogP contribution in [0.15, 0.2) is 35.7 Å². The first-order chi connectivity index (χ1) is 16.0. The molecule has 1 atom stereocenters. The van der Waals surface area contributed by atoms with Crippen molar-refractivity contribution in [3.05, 3.63) is 52.4 Å². The van der Waals surface area contributed by atoms with Gasteiger partial charge in [0.05, 0.1) is 18.1 Å². The van der Waals surface area contributed by atoms with Crippen LogP contribution in [0.25, 0.3) is 0 Å². The van der Waals surface area contributed by atoms with Crippen molar-refractivity contribution in [3.8, 4) is 0 Å². The maximum Gasteiger partial charge on any atom is 0.341 e. The van der Waals surface area contributed by atoms with Gasteiger partial charge in [-0.25, -0.2) is 4.79 Å². The topological polar surface area (TPSA) is 102 Å². The number of nitrogens with zero attached hydrogens (tertiary/aromatic N) is 1. The van der Waals surface area contributed by atoms with Gasteiger partial charge in [0, 0.05) is 19.5 Å². The Morgan fingerprint density at radius 1 is 1.15 bits per heavy atom. The predicted molar refractivity (Wildman–Crippen MR) is 122 cm³/mol. The molecular weight excluding hydrogens is 444 g/mol. The molecule has 1 N–H and O–H groups in total. The van der Waals surface area contributed by atoms with Gasteiger partial charge in [-0.05, 0) is 42.2 Å². The number of carbonyl (C=O) groups excluding carboxylic acids is 4. The number of thiophene rings is 1. The van der Waals surface area contributed by atoms with Crippen molar-refractivity contribution < 1.29 is 28.7 Å². The van der Waals surface area contributed by atoms with E-state index < -0.39 is 30.4 Å². The Bertz CT molecular complexity index is 1050. The summed E-state index contributed by atoms with van der Waals surface area (Å²) < 4.78 is 10.3. The molecule has 1 saturated heterocycles.